The van der Waals surface area contributed by atoms with Gasteiger partial charge < -0.3 is 10.2 Å². The van der Waals surface area contributed by atoms with Crippen LogP contribution in [0.1, 0.15) is 36.1 Å². The van der Waals surface area contributed by atoms with Gasteiger partial charge in [0.15, 0.2) is 0 Å². The maximum Gasteiger partial charge on any atom is 0.226 e. The number of aryl methyl sites for hydroxylation is 1. The standard InChI is InChI=1S/C20H19FN2O2/c1-13-7-8-17(21)18(11-13)22-20(25)12-19-16-6-4-3-5-15(16)9-10-23(19)14(2)24/h3-11,19H,12H2,1-2H3,(H,22,25)/t19-/m0/s1. The van der Waals surface area contributed by atoms with Crippen LogP contribution >= 0.6 is 0 Å². The van der Waals surface area contributed by atoms with Crippen LogP contribution in [0.3, 0.4) is 0 Å². The predicted octanol–water partition coefficient (Wildman–Crippen LogP) is 4.04. The smallest absolute Gasteiger partial charge is 0.226 e. The van der Waals surface area contributed by atoms with Crippen molar-refractivity contribution < 1.29 is 14.0 Å². The summed E-state index contributed by atoms with van der Waals surface area (Å²) in [7, 11) is 0. The minimum atomic E-state index is -0.480. The molecule has 5 heteroatoms. The van der Waals surface area contributed by atoms with Crippen LogP contribution in [0.25, 0.3) is 6.08 Å². The lowest BCUT2D eigenvalue weighted by atomic mass is 9.93. The first-order chi connectivity index (χ1) is 12.0. The highest BCUT2D eigenvalue weighted by Crippen LogP contribution is 2.33. The zero-order valence-electron chi connectivity index (χ0n) is 14.1. The van der Waals surface area contributed by atoms with Crippen LogP contribution in [0.5, 0.6) is 0 Å². The molecule has 0 aromatic heterocycles. The summed E-state index contributed by atoms with van der Waals surface area (Å²) in [4.78, 5) is 26.0. The molecule has 128 valence electrons. The molecular formula is C20H19FN2O2. The molecule has 0 aliphatic carbocycles. The van der Waals surface area contributed by atoms with Crippen LogP contribution in [0, 0.1) is 12.7 Å². The molecule has 1 N–H and O–H groups in total. The third kappa shape index (κ3) is 3.60. The summed E-state index contributed by atoms with van der Waals surface area (Å²) in [6.07, 6.45) is 3.59. The van der Waals surface area contributed by atoms with Crippen molar-refractivity contribution in [2.24, 2.45) is 0 Å². The molecule has 0 saturated carbocycles. The molecule has 2 aromatic rings. The van der Waals surface area contributed by atoms with Gasteiger partial charge in [0.2, 0.25) is 11.8 Å². The van der Waals surface area contributed by atoms with Gasteiger partial charge in [-0.05, 0) is 41.8 Å². The van der Waals surface area contributed by atoms with Gasteiger partial charge >= 0.3 is 0 Å². The summed E-state index contributed by atoms with van der Waals surface area (Å²) < 4.78 is 13.9. The van der Waals surface area contributed by atoms with Crippen molar-refractivity contribution >= 4 is 23.6 Å². The highest BCUT2D eigenvalue weighted by molar-refractivity contribution is 5.92. The van der Waals surface area contributed by atoms with E-state index in [1.54, 1.807) is 18.3 Å². The van der Waals surface area contributed by atoms with Gasteiger partial charge in [0.1, 0.15) is 5.82 Å². The van der Waals surface area contributed by atoms with Crippen LogP contribution < -0.4 is 5.32 Å². The van der Waals surface area contributed by atoms with Gasteiger partial charge in [-0.15, -0.1) is 0 Å². The van der Waals surface area contributed by atoms with Crippen molar-refractivity contribution in [2.75, 3.05) is 5.32 Å². The van der Waals surface area contributed by atoms with Crippen LogP contribution in [0.2, 0.25) is 0 Å². The number of anilines is 1. The van der Waals surface area contributed by atoms with Crippen molar-refractivity contribution in [3.8, 4) is 0 Å². The van der Waals surface area contributed by atoms with Crippen LogP contribution in [-0.2, 0) is 9.59 Å². The third-order valence-corrected chi connectivity index (χ3v) is 4.24. The number of nitrogens with one attached hydrogen (secondary N) is 1. The summed E-state index contributed by atoms with van der Waals surface area (Å²) in [5.41, 5.74) is 2.88. The fourth-order valence-electron chi connectivity index (χ4n) is 3.02. The lowest BCUT2D eigenvalue weighted by Gasteiger charge is -2.32. The second kappa shape index (κ2) is 6.89. The van der Waals surface area contributed by atoms with E-state index in [1.165, 1.54) is 17.9 Å². The number of carbonyl (C=O) groups is 2. The van der Waals surface area contributed by atoms with E-state index in [-0.39, 0.29) is 23.9 Å². The predicted molar refractivity (Wildman–Crippen MR) is 95.1 cm³/mol. The summed E-state index contributed by atoms with van der Waals surface area (Å²) >= 11 is 0. The van der Waals surface area contributed by atoms with Gasteiger partial charge in [-0.3, -0.25) is 9.59 Å². The number of benzene rings is 2. The molecule has 1 atom stereocenters. The van der Waals surface area contributed by atoms with E-state index >= 15 is 0 Å². The number of carbonyl (C=O) groups excluding carboxylic acids is 2. The van der Waals surface area contributed by atoms with E-state index in [0.29, 0.717) is 0 Å². The Bertz CT molecular complexity index is 861. The van der Waals surface area contributed by atoms with E-state index in [0.717, 1.165) is 16.7 Å². The Labute approximate surface area is 146 Å². The van der Waals surface area contributed by atoms with Crippen molar-refractivity contribution in [1.82, 2.24) is 4.90 Å². The summed E-state index contributed by atoms with van der Waals surface area (Å²) in [6, 6.07) is 11.8. The first-order valence-corrected chi connectivity index (χ1v) is 8.08. The molecule has 0 fully saturated rings. The van der Waals surface area contributed by atoms with Crippen LogP contribution in [0.15, 0.2) is 48.7 Å². The Morgan fingerprint density at radius 2 is 1.96 bits per heavy atom. The summed E-state index contributed by atoms with van der Waals surface area (Å²) in [6.45, 7) is 3.29. The maximum atomic E-state index is 13.9. The Morgan fingerprint density at radius 1 is 1.20 bits per heavy atom. The highest BCUT2D eigenvalue weighted by Gasteiger charge is 2.28. The quantitative estimate of drug-likeness (QED) is 0.918. The van der Waals surface area contributed by atoms with Gasteiger partial charge in [-0.2, -0.15) is 0 Å². The topological polar surface area (TPSA) is 49.4 Å². The Hall–Kier alpha value is -2.95. The average molecular weight is 338 g/mol. The van der Waals surface area contributed by atoms with Gasteiger partial charge in [-0.1, -0.05) is 30.3 Å². The molecule has 0 unspecified atom stereocenters. The number of hydrogen-bond acceptors (Lipinski definition) is 2. The monoisotopic (exact) mass is 338 g/mol. The molecule has 3 rings (SSSR count). The number of amides is 2. The third-order valence-electron chi connectivity index (χ3n) is 4.24. The van der Waals surface area contributed by atoms with E-state index < -0.39 is 11.9 Å². The number of hydrogen-bond donors (Lipinski definition) is 1. The highest BCUT2D eigenvalue weighted by atomic mass is 19.1. The average Bonchev–Trinajstić information content (AvgIpc) is 2.58. The van der Waals surface area contributed by atoms with Gasteiger partial charge in [-0.25, -0.2) is 4.39 Å². The molecule has 1 aliphatic rings. The SMILES string of the molecule is CC(=O)N1C=Cc2ccccc2[C@@H]1CC(=O)Nc1cc(C)ccc1F. The fraction of sp³-hybridized carbons (Fsp3) is 0.200. The molecule has 1 aliphatic heterocycles. The van der Waals surface area contributed by atoms with Gasteiger partial charge in [0, 0.05) is 13.1 Å². The second-order valence-electron chi connectivity index (χ2n) is 6.12. The van der Waals surface area contributed by atoms with E-state index in [9.17, 15) is 14.0 Å². The minimum Gasteiger partial charge on any atom is -0.324 e. The Balaban J connectivity index is 1.84. The number of fused-ring (bicyclic) bond motifs is 1. The van der Waals surface area contributed by atoms with Crippen molar-refractivity contribution in [3.63, 3.8) is 0 Å². The first kappa shape index (κ1) is 16.9. The molecule has 2 aromatic carbocycles. The van der Waals surface area contributed by atoms with E-state index in [4.69, 9.17) is 0 Å². The van der Waals surface area contributed by atoms with Crippen LogP contribution in [0.4, 0.5) is 10.1 Å². The molecule has 25 heavy (non-hydrogen) atoms. The Morgan fingerprint density at radius 3 is 2.72 bits per heavy atom. The molecule has 0 spiro atoms. The number of nitrogens with zero attached hydrogens (tertiary/aromatic N) is 1. The van der Waals surface area contributed by atoms with Crippen molar-refractivity contribution in [3.05, 3.63) is 71.2 Å². The normalized spacial score (nSPS) is 15.6. The summed E-state index contributed by atoms with van der Waals surface area (Å²) in [5, 5.41) is 2.61. The molecule has 1 heterocycles. The van der Waals surface area contributed by atoms with Crippen molar-refractivity contribution in [2.45, 2.75) is 26.3 Å². The first-order valence-electron chi connectivity index (χ1n) is 8.08. The zero-order valence-corrected chi connectivity index (χ0v) is 14.1. The lowest BCUT2D eigenvalue weighted by molar-refractivity contribution is -0.129. The largest absolute Gasteiger partial charge is 0.324 e. The fourth-order valence-corrected chi connectivity index (χ4v) is 3.02. The van der Waals surface area contributed by atoms with E-state index in [2.05, 4.69) is 5.32 Å². The van der Waals surface area contributed by atoms with Crippen LogP contribution in [-0.4, -0.2) is 16.7 Å². The maximum absolute atomic E-state index is 13.9. The lowest BCUT2D eigenvalue weighted by Crippen LogP contribution is -2.33. The second-order valence-corrected chi connectivity index (χ2v) is 6.12. The van der Waals surface area contributed by atoms with Crippen molar-refractivity contribution in [1.29, 1.82) is 0 Å². The zero-order chi connectivity index (χ0) is 18.0. The van der Waals surface area contributed by atoms with E-state index in [1.807, 2.05) is 37.3 Å². The number of rotatable bonds is 3. The molecule has 2 amide bonds. The Kier molecular flexibility index (Phi) is 4.65. The molecule has 0 radical (unpaired) electrons. The summed E-state index contributed by atoms with van der Waals surface area (Å²) in [5.74, 6) is -0.970. The minimum absolute atomic E-state index is 0.0499. The molecule has 4 nitrogen and oxygen atoms in total. The van der Waals surface area contributed by atoms with Gasteiger partial charge in [0.05, 0.1) is 18.2 Å². The molecule has 0 bridgehead atoms. The van der Waals surface area contributed by atoms with Gasteiger partial charge in [0.25, 0.3) is 0 Å². The molecule has 0 saturated heterocycles. The number of halogens is 1. The molecular weight excluding hydrogens is 319 g/mol.